The Morgan fingerprint density at radius 1 is 1.27 bits per heavy atom. The van der Waals surface area contributed by atoms with Crippen molar-refractivity contribution in [3.05, 3.63) is 51.0 Å². The van der Waals surface area contributed by atoms with Crippen LogP contribution in [0.4, 0.5) is 0 Å². The number of aromatic nitrogens is 1. The molecule has 0 unspecified atom stereocenters. The Morgan fingerprint density at radius 3 is 2.41 bits per heavy atom. The van der Waals surface area contributed by atoms with Gasteiger partial charge in [-0.1, -0.05) is 19.1 Å². The highest BCUT2D eigenvalue weighted by Gasteiger charge is 2.18. The fraction of sp³-hybridized carbons (Fsp3) is 0.312. The van der Waals surface area contributed by atoms with E-state index in [9.17, 15) is 9.59 Å². The third-order valence-corrected chi connectivity index (χ3v) is 4.59. The molecule has 0 spiro atoms. The van der Waals surface area contributed by atoms with Gasteiger partial charge in [0.2, 0.25) is 0 Å². The molecule has 5 nitrogen and oxygen atoms in total. The van der Waals surface area contributed by atoms with E-state index in [1.807, 2.05) is 13.8 Å². The molecule has 0 atom stereocenters. The molecule has 0 aliphatic carbocycles. The van der Waals surface area contributed by atoms with Crippen LogP contribution >= 0.6 is 11.3 Å². The number of carbonyl (C=O) groups excluding carboxylic acids is 1. The quantitative estimate of drug-likeness (QED) is 0.920. The van der Waals surface area contributed by atoms with Gasteiger partial charge in [-0.3, -0.25) is 4.79 Å². The van der Waals surface area contributed by atoms with Gasteiger partial charge in [0.15, 0.2) is 0 Å². The van der Waals surface area contributed by atoms with Crippen LogP contribution < -0.4 is 0 Å². The highest BCUT2D eigenvalue weighted by Crippen LogP contribution is 2.21. The average Bonchev–Trinajstić information content (AvgIpc) is 2.88. The Bertz CT molecular complexity index is 692. The van der Waals surface area contributed by atoms with Crippen molar-refractivity contribution in [1.29, 1.82) is 0 Å². The number of rotatable bonds is 5. The standard InChI is InChI=1S/C16H18N2O3S/c1-4-13-17-10(2)14(22-13)15(19)18(3)9-11-5-7-12(8-6-11)16(20)21/h5-8H,4,9H2,1-3H3,(H,20,21). The van der Waals surface area contributed by atoms with Crippen LogP contribution in [0.25, 0.3) is 0 Å². The fourth-order valence-electron chi connectivity index (χ4n) is 2.07. The lowest BCUT2D eigenvalue weighted by molar-refractivity contribution is 0.0695. The molecule has 6 heteroatoms. The van der Waals surface area contributed by atoms with Gasteiger partial charge in [-0.15, -0.1) is 11.3 Å². The van der Waals surface area contributed by atoms with Crippen molar-refractivity contribution in [3.8, 4) is 0 Å². The number of carboxylic acids is 1. The van der Waals surface area contributed by atoms with Crippen molar-refractivity contribution < 1.29 is 14.7 Å². The summed E-state index contributed by atoms with van der Waals surface area (Å²) in [7, 11) is 1.73. The minimum Gasteiger partial charge on any atom is -0.478 e. The van der Waals surface area contributed by atoms with Crippen LogP contribution in [-0.4, -0.2) is 33.9 Å². The molecule has 0 bridgehead atoms. The van der Waals surface area contributed by atoms with Crippen LogP contribution in [0.2, 0.25) is 0 Å². The summed E-state index contributed by atoms with van der Waals surface area (Å²) in [4.78, 5) is 30.0. The van der Waals surface area contributed by atoms with E-state index < -0.39 is 5.97 Å². The van der Waals surface area contributed by atoms with Crippen molar-refractivity contribution in [2.24, 2.45) is 0 Å². The van der Waals surface area contributed by atoms with Gasteiger partial charge < -0.3 is 10.0 Å². The Labute approximate surface area is 133 Å². The van der Waals surface area contributed by atoms with Crippen molar-refractivity contribution >= 4 is 23.2 Å². The molecule has 0 radical (unpaired) electrons. The molecule has 1 heterocycles. The SMILES string of the molecule is CCc1nc(C)c(C(=O)N(C)Cc2ccc(C(=O)O)cc2)s1. The largest absolute Gasteiger partial charge is 0.478 e. The lowest BCUT2D eigenvalue weighted by Gasteiger charge is -2.16. The highest BCUT2D eigenvalue weighted by molar-refractivity contribution is 7.13. The van der Waals surface area contributed by atoms with Crippen molar-refractivity contribution in [2.75, 3.05) is 7.05 Å². The molecule has 2 aromatic rings. The van der Waals surface area contributed by atoms with Gasteiger partial charge in [-0.05, 0) is 31.0 Å². The third-order valence-electron chi connectivity index (χ3n) is 3.30. The van der Waals surface area contributed by atoms with Gasteiger partial charge in [-0.2, -0.15) is 0 Å². The zero-order valence-electron chi connectivity index (χ0n) is 12.8. The van der Waals surface area contributed by atoms with Gasteiger partial charge in [0.05, 0.1) is 16.3 Å². The van der Waals surface area contributed by atoms with Crippen LogP contribution in [-0.2, 0) is 13.0 Å². The summed E-state index contributed by atoms with van der Waals surface area (Å²) in [5.74, 6) is -1.01. The smallest absolute Gasteiger partial charge is 0.335 e. The number of hydrogen-bond donors (Lipinski definition) is 1. The van der Waals surface area contributed by atoms with Crippen LogP contribution in [0.5, 0.6) is 0 Å². The Morgan fingerprint density at radius 2 is 1.91 bits per heavy atom. The van der Waals surface area contributed by atoms with Crippen molar-refractivity contribution in [1.82, 2.24) is 9.88 Å². The normalized spacial score (nSPS) is 10.5. The van der Waals surface area contributed by atoms with Gasteiger partial charge in [-0.25, -0.2) is 9.78 Å². The zero-order chi connectivity index (χ0) is 16.3. The molecule has 0 aliphatic rings. The number of thiazole rings is 1. The lowest BCUT2D eigenvalue weighted by atomic mass is 10.1. The van der Waals surface area contributed by atoms with E-state index in [1.165, 1.54) is 11.3 Å². The van der Waals surface area contributed by atoms with E-state index in [1.54, 1.807) is 36.2 Å². The molecule has 116 valence electrons. The zero-order valence-corrected chi connectivity index (χ0v) is 13.6. The summed E-state index contributed by atoms with van der Waals surface area (Å²) in [6.07, 6.45) is 0.819. The first kappa shape index (κ1) is 16.2. The number of carboxylic acid groups (broad SMARTS) is 1. The molecular formula is C16H18N2O3S. The second-order valence-electron chi connectivity index (χ2n) is 5.04. The number of hydrogen-bond acceptors (Lipinski definition) is 4. The second kappa shape index (κ2) is 6.70. The minimum atomic E-state index is -0.955. The number of benzene rings is 1. The van der Waals surface area contributed by atoms with E-state index in [2.05, 4.69) is 4.98 Å². The van der Waals surface area contributed by atoms with Crippen LogP contribution in [0, 0.1) is 6.92 Å². The first-order valence-corrected chi connectivity index (χ1v) is 7.78. The second-order valence-corrected chi connectivity index (χ2v) is 6.12. The summed E-state index contributed by atoms with van der Waals surface area (Å²) >= 11 is 1.43. The molecule has 1 aromatic heterocycles. The first-order chi connectivity index (χ1) is 10.4. The summed E-state index contributed by atoms with van der Waals surface area (Å²) < 4.78 is 0. The first-order valence-electron chi connectivity index (χ1n) is 6.96. The molecule has 0 saturated carbocycles. The van der Waals surface area contributed by atoms with E-state index in [-0.39, 0.29) is 11.5 Å². The number of carbonyl (C=O) groups is 2. The summed E-state index contributed by atoms with van der Waals surface area (Å²) in [5.41, 5.74) is 1.89. The maximum Gasteiger partial charge on any atom is 0.335 e. The highest BCUT2D eigenvalue weighted by atomic mass is 32.1. The van der Waals surface area contributed by atoms with E-state index >= 15 is 0 Å². The molecule has 0 aliphatic heterocycles. The molecular weight excluding hydrogens is 300 g/mol. The number of aromatic carboxylic acids is 1. The summed E-state index contributed by atoms with van der Waals surface area (Å²) in [6, 6.07) is 6.54. The molecule has 1 N–H and O–H groups in total. The van der Waals surface area contributed by atoms with Crippen LogP contribution in [0.15, 0.2) is 24.3 Å². The molecule has 0 saturated heterocycles. The van der Waals surface area contributed by atoms with Gasteiger partial charge in [0.25, 0.3) is 5.91 Å². The summed E-state index contributed by atoms with van der Waals surface area (Å²) in [5, 5.41) is 9.84. The van der Waals surface area contributed by atoms with Crippen molar-refractivity contribution in [3.63, 3.8) is 0 Å². The fourth-order valence-corrected chi connectivity index (χ4v) is 3.07. The van der Waals surface area contributed by atoms with Crippen molar-refractivity contribution in [2.45, 2.75) is 26.8 Å². The predicted octanol–water partition coefficient (Wildman–Crippen LogP) is 2.98. The maximum absolute atomic E-state index is 12.5. The minimum absolute atomic E-state index is 0.0583. The van der Waals surface area contributed by atoms with E-state index in [0.717, 1.165) is 22.7 Å². The van der Waals surface area contributed by atoms with Crippen LogP contribution in [0.1, 0.15) is 43.2 Å². The van der Waals surface area contributed by atoms with Gasteiger partial charge in [0.1, 0.15) is 4.88 Å². The Kier molecular flexibility index (Phi) is 4.92. The maximum atomic E-state index is 12.5. The average molecular weight is 318 g/mol. The van der Waals surface area contributed by atoms with Crippen LogP contribution in [0.3, 0.4) is 0 Å². The molecule has 22 heavy (non-hydrogen) atoms. The number of aryl methyl sites for hydroxylation is 2. The van der Waals surface area contributed by atoms with Gasteiger partial charge in [0, 0.05) is 13.6 Å². The lowest BCUT2D eigenvalue weighted by Crippen LogP contribution is -2.26. The predicted molar refractivity (Wildman–Crippen MR) is 85.4 cm³/mol. The van der Waals surface area contributed by atoms with Gasteiger partial charge >= 0.3 is 5.97 Å². The molecule has 1 amide bonds. The number of amides is 1. The molecule has 0 fully saturated rings. The third kappa shape index (κ3) is 3.51. The molecule has 1 aromatic carbocycles. The molecule has 2 rings (SSSR count). The number of nitrogens with zero attached hydrogens (tertiary/aromatic N) is 2. The van der Waals surface area contributed by atoms with E-state index in [4.69, 9.17) is 5.11 Å². The topological polar surface area (TPSA) is 70.5 Å². The monoisotopic (exact) mass is 318 g/mol. The Hall–Kier alpha value is -2.21. The van der Waals surface area contributed by atoms with E-state index in [0.29, 0.717) is 11.4 Å². The summed E-state index contributed by atoms with van der Waals surface area (Å²) in [6.45, 7) is 4.29. The Balaban J connectivity index is 2.10.